The second kappa shape index (κ2) is 6.31. The van der Waals surface area contributed by atoms with Crippen LogP contribution in [0.1, 0.15) is 21.7 Å². The van der Waals surface area contributed by atoms with E-state index in [1.165, 1.54) is 17.0 Å². The molecule has 0 aliphatic carbocycles. The van der Waals surface area contributed by atoms with E-state index in [2.05, 4.69) is 34.5 Å². The van der Waals surface area contributed by atoms with Gasteiger partial charge in [-0.25, -0.2) is 0 Å². The molecule has 1 unspecified atom stereocenters. The molecule has 1 aromatic heterocycles. The summed E-state index contributed by atoms with van der Waals surface area (Å²) in [6.45, 7) is 4.84. The number of benzene rings is 1. The Morgan fingerprint density at radius 1 is 1.33 bits per heavy atom. The van der Waals surface area contributed by atoms with Crippen molar-refractivity contribution in [2.24, 2.45) is 5.92 Å². The first-order chi connectivity index (χ1) is 10.2. The largest absolute Gasteiger partial charge is 0.371 e. The van der Waals surface area contributed by atoms with Gasteiger partial charge in [0, 0.05) is 25.3 Å². The number of para-hydroxylation sites is 1. The van der Waals surface area contributed by atoms with Crippen molar-refractivity contribution in [3.63, 3.8) is 0 Å². The SMILES string of the molecule is Cc1ccsc1C(=O)NCC1CCN(c2ccccc2)C1. The second-order valence-corrected chi connectivity index (χ2v) is 6.50. The van der Waals surface area contributed by atoms with Crippen LogP contribution in [0.4, 0.5) is 5.69 Å². The van der Waals surface area contributed by atoms with E-state index in [0.29, 0.717) is 5.92 Å². The molecule has 1 saturated heterocycles. The van der Waals surface area contributed by atoms with Crippen molar-refractivity contribution in [3.8, 4) is 0 Å². The predicted molar refractivity (Wildman–Crippen MR) is 88.2 cm³/mol. The number of anilines is 1. The van der Waals surface area contributed by atoms with Crippen molar-refractivity contribution in [1.82, 2.24) is 5.32 Å². The van der Waals surface area contributed by atoms with Gasteiger partial charge >= 0.3 is 0 Å². The van der Waals surface area contributed by atoms with Gasteiger partial charge in [-0.1, -0.05) is 18.2 Å². The fourth-order valence-electron chi connectivity index (χ4n) is 2.80. The Morgan fingerprint density at radius 3 is 2.86 bits per heavy atom. The number of thiophene rings is 1. The van der Waals surface area contributed by atoms with E-state index in [1.807, 2.05) is 24.4 Å². The number of nitrogens with zero attached hydrogens (tertiary/aromatic N) is 1. The van der Waals surface area contributed by atoms with Crippen molar-refractivity contribution in [1.29, 1.82) is 0 Å². The zero-order valence-electron chi connectivity index (χ0n) is 12.2. The highest BCUT2D eigenvalue weighted by molar-refractivity contribution is 7.12. The van der Waals surface area contributed by atoms with Gasteiger partial charge in [-0.3, -0.25) is 4.79 Å². The molecule has 1 aromatic carbocycles. The number of amides is 1. The van der Waals surface area contributed by atoms with E-state index in [4.69, 9.17) is 0 Å². The lowest BCUT2D eigenvalue weighted by Crippen LogP contribution is -2.30. The maximum atomic E-state index is 12.1. The molecule has 1 fully saturated rings. The third kappa shape index (κ3) is 3.27. The number of carbonyl (C=O) groups is 1. The van der Waals surface area contributed by atoms with Crippen LogP contribution in [0.3, 0.4) is 0 Å². The molecule has 0 bridgehead atoms. The first kappa shape index (κ1) is 14.1. The summed E-state index contributed by atoms with van der Waals surface area (Å²) in [5.74, 6) is 0.607. The lowest BCUT2D eigenvalue weighted by atomic mass is 10.1. The molecular weight excluding hydrogens is 280 g/mol. The van der Waals surface area contributed by atoms with E-state index < -0.39 is 0 Å². The minimum atomic E-state index is 0.0701. The third-order valence-corrected chi connectivity index (χ3v) is 5.04. The van der Waals surface area contributed by atoms with Gasteiger partial charge in [0.1, 0.15) is 0 Å². The smallest absolute Gasteiger partial charge is 0.261 e. The molecule has 21 heavy (non-hydrogen) atoms. The van der Waals surface area contributed by atoms with Crippen molar-refractivity contribution >= 4 is 22.9 Å². The van der Waals surface area contributed by atoms with E-state index in [0.717, 1.165) is 36.5 Å². The third-order valence-electron chi connectivity index (χ3n) is 4.03. The van der Waals surface area contributed by atoms with Crippen LogP contribution >= 0.6 is 11.3 Å². The molecule has 1 N–H and O–H groups in total. The van der Waals surface area contributed by atoms with Gasteiger partial charge in [0.15, 0.2) is 0 Å². The summed E-state index contributed by atoms with van der Waals surface area (Å²) in [5.41, 5.74) is 2.34. The lowest BCUT2D eigenvalue weighted by molar-refractivity contribution is 0.0952. The summed E-state index contributed by atoms with van der Waals surface area (Å²) >= 11 is 1.52. The van der Waals surface area contributed by atoms with Gasteiger partial charge in [0.2, 0.25) is 0 Å². The Morgan fingerprint density at radius 2 is 2.14 bits per heavy atom. The molecule has 2 heterocycles. The number of aryl methyl sites for hydroxylation is 1. The zero-order chi connectivity index (χ0) is 14.7. The number of rotatable bonds is 4. The molecule has 3 rings (SSSR count). The Hall–Kier alpha value is -1.81. The highest BCUT2D eigenvalue weighted by atomic mass is 32.1. The van der Waals surface area contributed by atoms with Gasteiger partial charge < -0.3 is 10.2 Å². The number of nitrogens with one attached hydrogen (secondary N) is 1. The van der Waals surface area contributed by atoms with Gasteiger partial charge in [-0.15, -0.1) is 11.3 Å². The second-order valence-electron chi connectivity index (χ2n) is 5.58. The molecule has 2 aromatic rings. The predicted octanol–water partition coefficient (Wildman–Crippen LogP) is 3.31. The summed E-state index contributed by atoms with van der Waals surface area (Å²) in [7, 11) is 0. The highest BCUT2D eigenvalue weighted by Gasteiger charge is 2.23. The van der Waals surface area contributed by atoms with Crippen LogP contribution in [0.2, 0.25) is 0 Å². The van der Waals surface area contributed by atoms with Gasteiger partial charge in [-0.2, -0.15) is 0 Å². The molecule has 0 radical (unpaired) electrons. The number of hydrogen-bond acceptors (Lipinski definition) is 3. The first-order valence-corrected chi connectivity index (χ1v) is 8.24. The topological polar surface area (TPSA) is 32.3 Å². The maximum Gasteiger partial charge on any atom is 0.261 e. The van der Waals surface area contributed by atoms with Crippen molar-refractivity contribution in [3.05, 3.63) is 52.2 Å². The fraction of sp³-hybridized carbons (Fsp3) is 0.353. The standard InChI is InChI=1S/C17H20N2OS/c1-13-8-10-21-16(13)17(20)18-11-14-7-9-19(12-14)15-5-3-2-4-6-15/h2-6,8,10,14H,7,9,11-12H2,1H3,(H,18,20). The Balaban J connectivity index is 1.52. The maximum absolute atomic E-state index is 12.1. The summed E-state index contributed by atoms with van der Waals surface area (Å²) in [5, 5.41) is 5.05. The van der Waals surface area contributed by atoms with E-state index in [9.17, 15) is 4.79 Å². The molecule has 1 aliphatic rings. The highest BCUT2D eigenvalue weighted by Crippen LogP contribution is 2.23. The number of hydrogen-bond donors (Lipinski definition) is 1. The summed E-state index contributed by atoms with van der Waals surface area (Å²) in [4.78, 5) is 15.4. The summed E-state index contributed by atoms with van der Waals surface area (Å²) in [6.07, 6.45) is 1.14. The summed E-state index contributed by atoms with van der Waals surface area (Å²) in [6, 6.07) is 12.5. The first-order valence-electron chi connectivity index (χ1n) is 7.36. The minimum Gasteiger partial charge on any atom is -0.371 e. The molecule has 1 aliphatic heterocycles. The average molecular weight is 300 g/mol. The quantitative estimate of drug-likeness (QED) is 0.939. The average Bonchev–Trinajstić information content (AvgIpc) is 3.15. The van der Waals surface area contributed by atoms with Crippen LogP contribution in [0.15, 0.2) is 41.8 Å². The van der Waals surface area contributed by atoms with Crippen LogP contribution in [-0.4, -0.2) is 25.5 Å². The van der Waals surface area contributed by atoms with Crippen LogP contribution < -0.4 is 10.2 Å². The van der Waals surface area contributed by atoms with Crippen molar-refractivity contribution < 1.29 is 4.79 Å². The Bertz CT molecular complexity index is 608. The molecule has 0 spiro atoms. The molecular formula is C17H20N2OS. The lowest BCUT2D eigenvalue weighted by Gasteiger charge is -2.18. The van der Waals surface area contributed by atoms with Crippen LogP contribution in [-0.2, 0) is 0 Å². The van der Waals surface area contributed by atoms with Crippen LogP contribution in [0, 0.1) is 12.8 Å². The monoisotopic (exact) mass is 300 g/mol. The van der Waals surface area contributed by atoms with E-state index in [-0.39, 0.29) is 5.91 Å². The van der Waals surface area contributed by atoms with Gasteiger partial charge in [0.25, 0.3) is 5.91 Å². The zero-order valence-corrected chi connectivity index (χ0v) is 13.0. The van der Waals surface area contributed by atoms with Crippen LogP contribution in [0.25, 0.3) is 0 Å². The van der Waals surface area contributed by atoms with E-state index in [1.54, 1.807) is 0 Å². The minimum absolute atomic E-state index is 0.0701. The molecule has 3 nitrogen and oxygen atoms in total. The van der Waals surface area contributed by atoms with Crippen molar-refractivity contribution in [2.45, 2.75) is 13.3 Å². The Kier molecular flexibility index (Phi) is 4.25. The summed E-state index contributed by atoms with van der Waals surface area (Å²) < 4.78 is 0. The van der Waals surface area contributed by atoms with E-state index >= 15 is 0 Å². The van der Waals surface area contributed by atoms with Crippen LogP contribution in [0.5, 0.6) is 0 Å². The molecule has 0 saturated carbocycles. The molecule has 110 valence electrons. The number of carbonyl (C=O) groups excluding carboxylic acids is 1. The van der Waals surface area contributed by atoms with Crippen molar-refractivity contribution in [2.75, 3.05) is 24.5 Å². The Labute approximate surface area is 129 Å². The fourth-order valence-corrected chi connectivity index (χ4v) is 3.64. The van der Waals surface area contributed by atoms with Gasteiger partial charge in [0.05, 0.1) is 4.88 Å². The van der Waals surface area contributed by atoms with Gasteiger partial charge in [-0.05, 0) is 48.4 Å². The molecule has 4 heteroatoms. The molecule has 1 amide bonds. The molecule has 1 atom stereocenters. The normalized spacial score (nSPS) is 18.0.